The van der Waals surface area contributed by atoms with Crippen LogP contribution in [0.2, 0.25) is 0 Å². The number of nitrogens with zero attached hydrogens (tertiary/aromatic N) is 1. The monoisotopic (exact) mass is 374 g/mol. The number of hydrogen-bond donors (Lipinski definition) is 1. The van der Waals surface area contributed by atoms with Crippen molar-refractivity contribution in [2.24, 2.45) is 0 Å². The van der Waals surface area contributed by atoms with Crippen LogP contribution in [0.25, 0.3) is 0 Å². The summed E-state index contributed by atoms with van der Waals surface area (Å²) in [5.74, 6) is 0.908. The fraction of sp³-hybridized carbons (Fsp3) is 0.350. The summed E-state index contributed by atoms with van der Waals surface area (Å²) in [4.78, 5) is 14.4. The minimum Gasteiger partial charge on any atom is -0.494 e. The topological polar surface area (TPSA) is 60.0 Å². The van der Waals surface area contributed by atoms with Crippen LogP contribution in [-0.4, -0.2) is 44.2 Å². The van der Waals surface area contributed by atoms with Crippen LogP contribution in [0, 0.1) is 5.82 Å². The van der Waals surface area contributed by atoms with Crippen LogP contribution in [0.4, 0.5) is 10.1 Å². The predicted octanol–water partition coefficient (Wildman–Crippen LogP) is 3.06. The lowest BCUT2D eigenvalue weighted by Gasteiger charge is -2.24. The highest BCUT2D eigenvalue weighted by molar-refractivity contribution is 5.94. The van der Waals surface area contributed by atoms with E-state index < -0.39 is 11.9 Å². The predicted molar refractivity (Wildman–Crippen MR) is 99.9 cm³/mol. The zero-order chi connectivity index (χ0) is 19.4. The Morgan fingerprint density at radius 2 is 1.96 bits per heavy atom. The molecule has 0 radical (unpaired) electrons. The number of likely N-dealkylation sites (N-methyl/N-ethyl adjacent to an activating group) is 1. The van der Waals surface area contributed by atoms with E-state index >= 15 is 0 Å². The Morgan fingerprint density at radius 1 is 1.22 bits per heavy atom. The number of anilines is 1. The second kappa shape index (κ2) is 8.26. The SMILES string of the molecule is COc1ccc(CN(C)C(C)C(=O)Nc2ccc3c(c2)OCCO3)cc1F. The molecule has 3 rings (SSSR count). The first-order chi connectivity index (χ1) is 13.0. The third-order valence-corrected chi connectivity index (χ3v) is 4.50. The lowest BCUT2D eigenvalue weighted by molar-refractivity contribution is -0.120. The average Bonchev–Trinajstić information content (AvgIpc) is 2.67. The normalized spacial score (nSPS) is 14.0. The smallest absolute Gasteiger partial charge is 0.241 e. The molecule has 6 nitrogen and oxygen atoms in total. The Hall–Kier alpha value is -2.80. The zero-order valence-electron chi connectivity index (χ0n) is 15.6. The molecule has 1 atom stereocenters. The quantitative estimate of drug-likeness (QED) is 0.842. The molecule has 1 heterocycles. The summed E-state index contributed by atoms with van der Waals surface area (Å²) in [5.41, 5.74) is 1.40. The van der Waals surface area contributed by atoms with Crippen LogP contribution in [0.1, 0.15) is 12.5 Å². The second-order valence-corrected chi connectivity index (χ2v) is 6.41. The van der Waals surface area contributed by atoms with Crippen LogP contribution >= 0.6 is 0 Å². The van der Waals surface area contributed by atoms with Crippen LogP contribution < -0.4 is 19.5 Å². The summed E-state index contributed by atoms with van der Waals surface area (Å²) in [6.07, 6.45) is 0. The Morgan fingerprint density at radius 3 is 2.67 bits per heavy atom. The molecule has 1 aliphatic heterocycles. The molecule has 1 N–H and O–H groups in total. The number of benzene rings is 2. The van der Waals surface area contributed by atoms with Gasteiger partial charge in [0.25, 0.3) is 0 Å². The molecule has 0 bridgehead atoms. The Bertz CT molecular complexity index is 828. The number of fused-ring (bicyclic) bond motifs is 1. The van der Waals surface area contributed by atoms with Gasteiger partial charge in [0.1, 0.15) is 13.2 Å². The van der Waals surface area contributed by atoms with Crippen LogP contribution in [0.5, 0.6) is 17.2 Å². The number of halogens is 1. The van der Waals surface area contributed by atoms with Gasteiger partial charge in [0.15, 0.2) is 23.1 Å². The number of methoxy groups -OCH3 is 1. The van der Waals surface area contributed by atoms with Gasteiger partial charge in [0, 0.05) is 18.3 Å². The van der Waals surface area contributed by atoms with Crippen molar-refractivity contribution in [2.75, 3.05) is 32.7 Å². The van der Waals surface area contributed by atoms with E-state index in [2.05, 4.69) is 5.32 Å². The molecule has 0 saturated carbocycles. The van der Waals surface area contributed by atoms with Gasteiger partial charge < -0.3 is 19.5 Å². The van der Waals surface area contributed by atoms with Gasteiger partial charge in [-0.25, -0.2) is 4.39 Å². The molecule has 0 spiro atoms. The molecular formula is C20H23FN2O4. The Kier molecular flexibility index (Phi) is 5.81. The lowest BCUT2D eigenvalue weighted by Crippen LogP contribution is -2.39. The van der Waals surface area contributed by atoms with E-state index in [1.807, 2.05) is 11.9 Å². The standard InChI is InChI=1S/C20H23FN2O4/c1-13(23(2)12-14-4-6-17(25-3)16(21)10-14)20(24)22-15-5-7-18-19(11-15)27-9-8-26-18/h4-7,10-11,13H,8-9,12H2,1-3H3,(H,22,24). The third-order valence-electron chi connectivity index (χ3n) is 4.50. The van der Waals surface area contributed by atoms with Crippen molar-refractivity contribution in [3.05, 3.63) is 47.8 Å². The van der Waals surface area contributed by atoms with Gasteiger partial charge in [-0.15, -0.1) is 0 Å². The molecule has 0 saturated heterocycles. The number of carbonyl (C=O) groups excluding carboxylic acids is 1. The maximum absolute atomic E-state index is 13.8. The first kappa shape index (κ1) is 19.0. The van der Waals surface area contributed by atoms with Crippen molar-refractivity contribution in [3.8, 4) is 17.2 Å². The van der Waals surface area contributed by atoms with Gasteiger partial charge in [-0.2, -0.15) is 0 Å². The highest BCUT2D eigenvalue weighted by atomic mass is 19.1. The molecule has 0 aromatic heterocycles. The number of carbonyl (C=O) groups is 1. The van der Waals surface area contributed by atoms with E-state index in [4.69, 9.17) is 14.2 Å². The highest BCUT2D eigenvalue weighted by Gasteiger charge is 2.20. The molecule has 144 valence electrons. The van der Waals surface area contributed by atoms with E-state index in [0.29, 0.717) is 36.9 Å². The summed E-state index contributed by atoms with van der Waals surface area (Å²) < 4.78 is 29.8. The maximum atomic E-state index is 13.8. The van der Waals surface area contributed by atoms with Crippen molar-refractivity contribution in [1.29, 1.82) is 0 Å². The largest absolute Gasteiger partial charge is 0.494 e. The molecule has 7 heteroatoms. The van der Waals surface area contributed by atoms with E-state index in [0.717, 1.165) is 5.56 Å². The summed E-state index contributed by atoms with van der Waals surface area (Å²) in [5, 5.41) is 2.88. The van der Waals surface area contributed by atoms with Crippen LogP contribution in [0.15, 0.2) is 36.4 Å². The summed E-state index contributed by atoms with van der Waals surface area (Å²) in [6.45, 7) is 3.23. The van der Waals surface area contributed by atoms with Crippen molar-refractivity contribution in [1.82, 2.24) is 4.90 Å². The summed E-state index contributed by atoms with van der Waals surface area (Å²) in [7, 11) is 3.24. The minimum absolute atomic E-state index is 0.164. The van der Waals surface area contributed by atoms with E-state index in [-0.39, 0.29) is 11.7 Å². The van der Waals surface area contributed by atoms with Crippen molar-refractivity contribution >= 4 is 11.6 Å². The van der Waals surface area contributed by atoms with Crippen molar-refractivity contribution in [2.45, 2.75) is 19.5 Å². The molecule has 2 aromatic carbocycles. The van der Waals surface area contributed by atoms with Crippen LogP contribution in [-0.2, 0) is 11.3 Å². The Balaban J connectivity index is 1.61. The van der Waals surface area contributed by atoms with Gasteiger partial charge in [-0.3, -0.25) is 9.69 Å². The van der Waals surface area contributed by atoms with Crippen molar-refractivity contribution < 1.29 is 23.4 Å². The average molecular weight is 374 g/mol. The first-order valence-electron chi connectivity index (χ1n) is 8.71. The number of rotatable bonds is 6. The van der Waals surface area contributed by atoms with Crippen molar-refractivity contribution in [3.63, 3.8) is 0 Å². The first-order valence-corrected chi connectivity index (χ1v) is 8.71. The zero-order valence-corrected chi connectivity index (χ0v) is 15.6. The fourth-order valence-corrected chi connectivity index (χ4v) is 2.80. The Labute approximate surface area is 157 Å². The maximum Gasteiger partial charge on any atom is 0.241 e. The number of hydrogen-bond acceptors (Lipinski definition) is 5. The third kappa shape index (κ3) is 4.49. The number of amides is 1. The van der Waals surface area contributed by atoms with Crippen LogP contribution in [0.3, 0.4) is 0 Å². The second-order valence-electron chi connectivity index (χ2n) is 6.41. The number of nitrogens with one attached hydrogen (secondary N) is 1. The molecule has 1 unspecified atom stereocenters. The van der Waals surface area contributed by atoms with E-state index in [1.54, 1.807) is 37.3 Å². The van der Waals surface area contributed by atoms with Gasteiger partial charge in [-0.05, 0) is 43.8 Å². The molecular weight excluding hydrogens is 351 g/mol. The summed E-state index contributed by atoms with van der Waals surface area (Å²) >= 11 is 0. The highest BCUT2D eigenvalue weighted by Crippen LogP contribution is 2.32. The van der Waals surface area contributed by atoms with Gasteiger partial charge in [0.2, 0.25) is 5.91 Å². The van der Waals surface area contributed by atoms with E-state index in [1.165, 1.54) is 13.2 Å². The lowest BCUT2D eigenvalue weighted by atomic mass is 10.1. The molecule has 0 aliphatic carbocycles. The molecule has 27 heavy (non-hydrogen) atoms. The van der Waals surface area contributed by atoms with Gasteiger partial charge >= 0.3 is 0 Å². The minimum atomic E-state index is -0.420. The molecule has 0 fully saturated rings. The molecule has 1 amide bonds. The summed E-state index contributed by atoms with van der Waals surface area (Å²) in [6, 6.07) is 9.67. The molecule has 1 aliphatic rings. The molecule has 2 aromatic rings. The van der Waals surface area contributed by atoms with E-state index in [9.17, 15) is 9.18 Å². The number of ether oxygens (including phenoxy) is 3. The van der Waals surface area contributed by atoms with Gasteiger partial charge in [0.05, 0.1) is 13.2 Å². The fourth-order valence-electron chi connectivity index (χ4n) is 2.80. The van der Waals surface area contributed by atoms with Gasteiger partial charge in [-0.1, -0.05) is 6.07 Å².